The largest absolute Gasteiger partial charge is 0.367 e. The number of carbonyl (C=O) groups excluding carboxylic acids is 1. The van der Waals surface area contributed by atoms with Crippen LogP contribution >= 0.6 is 11.6 Å². The number of nitrogens with zero attached hydrogens (tertiary/aromatic N) is 4. The van der Waals surface area contributed by atoms with Gasteiger partial charge in [0.05, 0.1) is 22.9 Å². The Morgan fingerprint density at radius 3 is 2.77 bits per heavy atom. The van der Waals surface area contributed by atoms with Crippen molar-refractivity contribution in [1.29, 1.82) is 0 Å². The van der Waals surface area contributed by atoms with Crippen LogP contribution in [0, 0.1) is 15.5 Å². The zero-order valence-electron chi connectivity index (χ0n) is 12.8. The molecule has 2 rings (SSSR count). The summed E-state index contributed by atoms with van der Waals surface area (Å²) in [6.45, 7) is 6.37. The van der Waals surface area contributed by atoms with Crippen molar-refractivity contribution in [3.63, 3.8) is 0 Å². The molecule has 1 aliphatic heterocycles. The minimum absolute atomic E-state index is 0.000928. The van der Waals surface area contributed by atoms with Crippen LogP contribution in [0.2, 0.25) is 5.15 Å². The van der Waals surface area contributed by atoms with Gasteiger partial charge in [-0.15, -0.1) is 5.06 Å². The molecule has 0 aliphatic carbocycles. The summed E-state index contributed by atoms with van der Waals surface area (Å²) in [5.41, 5.74) is -0.805. The van der Waals surface area contributed by atoms with Crippen molar-refractivity contribution >= 4 is 23.3 Å². The molecule has 0 N–H and O–H groups in total. The van der Waals surface area contributed by atoms with E-state index in [9.17, 15) is 14.9 Å². The molecule has 1 fully saturated rings. The number of rotatable bonds is 3. The molecule has 0 radical (unpaired) electrons. The zero-order chi connectivity index (χ0) is 16.5. The fourth-order valence-electron chi connectivity index (χ4n) is 2.17. The van der Waals surface area contributed by atoms with Crippen molar-refractivity contribution in [3.05, 3.63) is 21.5 Å². The number of carbonyl (C=O) groups is 1. The Morgan fingerprint density at radius 2 is 2.23 bits per heavy atom. The molecule has 0 aromatic carbocycles. The summed E-state index contributed by atoms with van der Waals surface area (Å²) in [6.07, 6.45) is 2.69. The standard InChI is InChI=1S/C13H19ClN4O4/c1-13(2,3)12(19)22-16-6-4-5-9(8-16)17-11(14)10(7-15-17)18(20)21/h7,9H,4-6,8H2,1-3H3/t9-/m1/s1. The third-order valence-corrected chi connectivity index (χ3v) is 3.81. The Kier molecular flexibility index (Phi) is 4.72. The Labute approximate surface area is 133 Å². The number of hydroxylamine groups is 2. The van der Waals surface area contributed by atoms with Gasteiger partial charge < -0.3 is 4.84 Å². The van der Waals surface area contributed by atoms with Gasteiger partial charge >= 0.3 is 11.7 Å². The predicted molar refractivity (Wildman–Crippen MR) is 79.3 cm³/mol. The molecular weight excluding hydrogens is 312 g/mol. The molecule has 0 saturated carbocycles. The van der Waals surface area contributed by atoms with Crippen LogP contribution in [0.25, 0.3) is 0 Å². The van der Waals surface area contributed by atoms with E-state index in [1.54, 1.807) is 25.8 Å². The fraction of sp³-hybridized carbons (Fsp3) is 0.692. The molecule has 1 aliphatic rings. The first-order valence-corrected chi connectivity index (χ1v) is 7.42. The fourth-order valence-corrected chi connectivity index (χ4v) is 2.47. The molecule has 2 heterocycles. The van der Waals surface area contributed by atoms with Gasteiger partial charge in [-0.2, -0.15) is 5.10 Å². The lowest BCUT2D eigenvalue weighted by molar-refractivity contribution is -0.384. The maximum Gasteiger partial charge on any atom is 0.330 e. The molecule has 122 valence electrons. The van der Waals surface area contributed by atoms with Crippen molar-refractivity contribution in [2.75, 3.05) is 13.1 Å². The van der Waals surface area contributed by atoms with Crippen molar-refractivity contribution in [3.8, 4) is 0 Å². The van der Waals surface area contributed by atoms with Crippen LogP contribution in [0.1, 0.15) is 39.7 Å². The van der Waals surface area contributed by atoms with Crippen molar-refractivity contribution in [1.82, 2.24) is 14.8 Å². The van der Waals surface area contributed by atoms with Crippen LogP contribution in [0.5, 0.6) is 0 Å². The molecule has 0 bridgehead atoms. The van der Waals surface area contributed by atoms with Crippen LogP contribution < -0.4 is 0 Å². The molecule has 1 atom stereocenters. The molecule has 9 heteroatoms. The average Bonchev–Trinajstić information content (AvgIpc) is 2.80. The summed E-state index contributed by atoms with van der Waals surface area (Å²) < 4.78 is 1.43. The van der Waals surface area contributed by atoms with Crippen molar-refractivity contribution < 1.29 is 14.6 Å². The van der Waals surface area contributed by atoms with Gasteiger partial charge in [0, 0.05) is 6.54 Å². The monoisotopic (exact) mass is 330 g/mol. The Bertz CT molecular complexity index is 581. The number of hydrogen-bond donors (Lipinski definition) is 0. The number of hydrogen-bond acceptors (Lipinski definition) is 6. The van der Waals surface area contributed by atoms with Crippen LogP contribution in [0.4, 0.5) is 5.69 Å². The topological polar surface area (TPSA) is 90.5 Å². The lowest BCUT2D eigenvalue weighted by Gasteiger charge is -2.32. The van der Waals surface area contributed by atoms with E-state index < -0.39 is 10.3 Å². The van der Waals surface area contributed by atoms with Crippen LogP contribution in [-0.4, -0.2) is 38.8 Å². The van der Waals surface area contributed by atoms with Gasteiger partial charge in [0.15, 0.2) is 0 Å². The van der Waals surface area contributed by atoms with E-state index in [0.717, 1.165) is 19.0 Å². The molecule has 1 aromatic rings. The number of nitro groups is 1. The highest BCUT2D eigenvalue weighted by Gasteiger charge is 2.31. The summed E-state index contributed by atoms with van der Waals surface area (Å²) >= 11 is 6.01. The number of aromatic nitrogens is 2. The zero-order valence-corrected chi connectivity index (χ0v) is 13.5. The first-order chi connectivity index (χ1) is 10.2. The molecule has 1 saturated heterocycles. The van der Waals surface area contributed by atoms with Crippen LogP contribution in [0.3, 0.4) is 0 Å². The Morgan fingerprint density at radius 1 is 1.55 bits per heavy atom. The highest BCUT2D eigenvalue weighted by atomic mass is 35.5. The molecule has 8 nitrogen and oxygen atoms in total. The van der Waals surface area contributed by atoms with Crippen LogP contribution in [-0.2, 0) is 9.63 Å². The molecule has 0 amide bonds. The van der Waals surface area contributed by atoms with Gasteiger partial charge in [-0.25, -0.2) is 9.48 Å². The minimum Gasteiger partial charge on any atom is -0.367 e. The van der Waals surface area contributed by atoms with Gasteiger partial charge in [0.25, 0.3) is 0 Å². The molecule has 0 spiro atoms. The highest BCUT2D eigenvalue weighted by Crippen LogP contribution is 2.30. The summed E-state index contributed by atoms with van der Waals surface area (Å²) in [5.74, 6) is -0.314. The predicted octanol–water partition coefficient (Wildman–Crippen LogP) is 2.59. The molecule has 0 unspecified atom stereocenters. The molecular formula is C13H19ClN4O4. The van der Waals surface area contributed by atoms with E-state index in [4.69, 9.17) is 16.4 Å². The first kappa shape index (κ1) is 16.7. The average molecular weight is 331 g/mol. The summed E-state index contributed by atoms with van der Waals surface area (Å²) in [5, 5.41) is 16.4. The van der Waals surface area contributed by atoms with Crippen LogP contribution in [0.15, 0.2) is 6.20 Å². The van der Waals surface area contributed by atoms with Gasteiger partial charge in [-0.1, -0.05) is 11.6 Å². The van der Waals surface area contributed by atoms with Crippen molar-refractivity contribution in [2.24, 2.45) is 5.41 Å². The van der Waals surface area contributed by atoms with Gasteiger partial charge in [0.2, 0.25) is 5.15 Å². The first-order valence-electron chi connectivity index (χ1n) is 7.05. The number of halogens is 1. The van der Waals surface area contributed by atoms with E-state index in [1.807, 2.05) is 0 Å². The third kappa shape index (κ3) is 3.56. The Hall–Kier alpha value is -1.67. The van der Waals surface area contributed by atoms with E-state index in [0.29, 0.717) is 13.1 Å². The minimum atomic E-state index is -0.588. The van der Waals surface area contributed by atoms with Crippen molar-refractivity contribution in [2.45, 2.75) is 39.7 Å². The lowest BCUT2D eigenvalue weighted by atomic mass is 9.98. The van der Waals surface area contributed by atoms with E-state index in [-0.39, 0.29) is 22.9 Å². The summed E-state index contributed by atoms with van der Waals surface area (Å²) in [4.78, 5) is 27.6. The second-order valence-electron chi connectivity index (χ2n) is 6.34. The highest BCUT2D eigenvalue weighted by molar-refractivity contribution is 6.31. The smallest absolute Gasteiger partial charge is 0.330 e. The molecule has 1 aromatic heterocycles. The quantitative estimate of drug-likeness (QED) is 0.625. The maximum atomic E-state index is 11.9. The van der Waals surface area contributed by atoms with E-state index >= 15 is 0 Å². The second-order valence-corrected chi connectivity index (χ2v) is 6.69. The number of piperidine rings is 1. The normalized spacial score (nSPS) is 19.9. The van der Waals surface area contributed by atoms with Gasteiger partial charge in [-0.3, -0.25) is 10.1 Å². The molecule has 22 heavy (non-hydrogen) atoms. The van der Waals surface area contributed by atoms with Gasteiger partial charge in [-0.05, 0) is 33.6 Å². The van der Waals surface area contributed by atoms with E-state index in [1.165, 1.54) is 4.68 Å². The third-order valence-electron chi connectivity index (χ3n) is 3.44. The SMILES string of the molecule is CC(C)(C)C(=O)ON1CCC[C@@H](n2ncc([N+](=O)[O-])c2Cl)C1. The summed E-state index contributed by atoms with van der Waals surface area (Å²) in [7, 11) is 0. The Balaban J connectivity index is 2.08. The van der Waals surface area contributed by atoms with E-state index in [2.05, 4.69) is 5.10 Å². The van der Waals surface area contributed by atoms with Gasteiger partial charge in [0.1, 0.15) is 6.20 Å². The maximum absolute atomic E-state index is 11.9. The lowest BCUT2D eigenvalue weighted by Crippen LogP contribution is -2.40. The summed E-state index contributed by atoms with van der Waals surface area (Å²) in [6, 6.07) is -0.164. The second kappa shape index (κ2) is 6.21.